The van der Waals surface area contributed by atoms with Crippen molar-refractivity contribution >= 4 is 5.91 Å². The molecule has 7 heteroatoms. The van der Waals surface area contributed by atoms with Gasteiger partial charge in [-0.05, 0) is 5.56 Å². The van der Waals surface area contributed by atoms with Crippen LogP contribution in [0.2, 0.25) is 0 Å². The fourth-order valence-electron chi connectivity index (χ4n) is 2.97. The van der Waals surface area contributed by atoms with Crippen molar-refractivity contribution in [3.63, 3.8) is 0 Å². The van der Waals surface area contributed by atoms with Crippen LogP contribution in [0.4, 0.5) is 0 Å². The number of aryl methyl sites for hydroxylation is 1. The van der Waals surface area contributed by atoms with Crippen LogP contribution in [0.3, 0.4) is 0 Å². The van der Waals surface area contributed by atoms with E-state index in [9.17, 15) is 4.79 Å². The minimum Gasteiger partial charge on any atom is -0.443 e. The highest BCUT2D eigenvalue weighted by molar-refractivity contribution is 5.80. The molecule has 7 nitrogen and oxygen atoms in total. The number of hydrogen-bond acceptors (Lipinski definition) is 5. The summed E-state index contributed by atoms with van der Waals surface area (Å²) in [5.41, 5.74) is 1.00. The Balaban J connectivity index is 1.61. The second-order valence-electron chi connectivity index (χ2n) is 7.40. The van der Waals surface area contributed by atoms with Gasteiger partial charge in [0.05, 0.1) is 24.9 Å². The van der Waals surface area contributed by atoms with Gasteiger partial charge in [-0.3, -0.25) is 9.48 Å². The van der Waals surface area contributed by atoms with E-state index in [1.165, 1.54) is 0 Å². The van der Waals surface area contributed by atoms with Crippen LogP contribution in [-0.4, -0.2) is 33.8 Å². The predicted octanol–water partition coefficient (Wildman–Crippen LogP) is 1.32. The minimum absolute atomic E-state index is 0.0179. The molecule has 0 unspecified atom stereocenters. The Morgan fingerprint density at radius 1 is 1.42 bits per heavy atom. The Bertz CT molecular complexity index is 713. The molecule has 0 aromatic carbocycles. The molecule has 2 aromatic heterocycles. The lowest BCUT2D eigenvalue weighted by Crippen LogP contribution is -2.34. The fraction of sp³-hybridized carbons (Fsp3) is 0.588. The average molecular weight is 331 g/mol. The molecule has 3 heterocycles. The van der Waals surface area contributed by atoms with Gasteiger partial charge >= 0.3 is 0 Å². The predicted molar refractivity (Wildman–Crippen MR) is 89.4 cm³/mol. The van der Waals surface area contributed by atoms with Crippen molar-refractivity contribution in [1.29, 1.82) is 0 Å². The Kier molecular flexibility index (Phi) is 4.45. The van der Waals surface area contributed by atoms with E-state index in [-0.39, 0.29) is 23.2 Å². The summed E-state index contributed by atoms with van der Waals surface area (Å²) >= 11 is 0. The molecule has 1 aliphatic heterocycles. The molecule has 0 aliphatic carbocycles. The lowest BCUT2D eigenvalue weighted by atomic mass is 9.90. The molecule has 0 spiro atoms. The molecule has 2 N–H and O–H groups in total. The second-order valence-corrected chi connectivity index (χ2v) is 7.40. The van der Waals surface area contributed by atoms with E-state index in [2.05, 4.69) is 41.5 Å². The molecule has 0 radical (unpaired) electrons. The molecule has 2 atom stereocenters. The zero-order chi connectivity index (χ0) is 17.3. The first-order chi connectivity index (χ1) is 11.3. The van der Waals surface area contributed by atoms with Crippen molar-refractivity contribution in [1.82, 2.24) is 25.4 Å². The van der Waals surface area contributed by atoms with Crippen LogP contribution in [0.25, 0.3) is 0 Å². The summed E-state index contributed by atoms with van der Waals surface area (Å²) in [7, 11) is 1.89. The number of carbonyl (C=O) groups is 1. The number of carbonyl (C=O) groups excluding carboxylic acids is 1. The van der Waals surface area contributed by atoms with Crippen molar-refractivity contribution in [2.24, 2.45) is 13.0 Å². The van der Waals surface area contributed by atoms with Crippen LogP contribution in [0, 0.1) is 5.92 Å². The second kappa shape index (κ2) is 6.39. The van der Waals surface area contributed by atoms with E-state index in [4.69, 9.17) is 4.42 Å². The third-order valence-corrected chi connectivity index (χ3v) is 4.41. The van der Waals surface area contributed by atoms with E-state index in [0.29, 0.717) is 19.0 Å². The SMILES string of the molecule is Cn1cc([C@H]2CNC[C@@H]2C(=O)NCc2ncc(C(C)(C)C)o2)cn1. The number of hydrogen-bond donors (Lipinski definition) is 2. The molecule has 1 amide bonds. The highest BCUT2D eigenvalue weighted by Gasteiger charge is 2.34. The van der Waals surface area contributed by atoms with Gasteiger partial charge in [0.15, 0.2) is 0 Å². The van der Waals surface area contributed by atoms with Crippen molar-refractivity contribution < 1.29 is 9.21 Å². The molecule has 1 fully saturated rings. The van der Waals surface area contributed by atoms with Crippen LogP contribution in [0.1, 0.15) is 43.9 Å². The summed E-state index contributed by atoms with van der Waals surface area (Å²) in [6, 6.07) is 0. The van der Waals surface area contributed by atoms with Crippen molar-refractivity contribution in [2.45, 2.75) is 38.6 Å². The van der Waals surface area contributed by atoms with Gasteiger partial charge in [-0.2, -0.15) is 5.10 Å². The van der Waals surface area contributed by atoms with Gasteiger partial charge in [-0.25, -0.2) is 4.98 Å². The molecule has 2 aromatic rings. The summed E-state index contributed by atoms with van der Waals surface area (Å²) < 4.78 is 7.49. The number of oxazole rings is 1. The summed E-state index contributed by atoms with van der Waals surface area (Å²) in [4.78, 5) is 16.8. The van der Waals surface area contributed by atoms with Gasteiger partial charge < -0.3 is 15.1 Å². The monoisotopic (exact) mass is 331 g/mol. The zero-order valence-electron chi connectivity index (χ0n) is 14.7. The summed E-state index contributed by atoms with van der Waals surface area (Å²) in [6.45, 7) is 7.97. The minimum atomic E-state index is -0.105. The number of aromatic nitrogens is 3. The first-order valence-electron chi connectivity index (χ1n) is 8.27. The Morgan fingerprint density at radius 3 is 2.83 bits per heavy atom. The third kappa shape index (κ3) is 3.51. The van der Waals surface area contributed by atoms with Gasteiger partial charge in [-0.15, -0.1) is 0 Å². The Labute approximate surface area is 141 Å². The van der Waals surface area contributed by atoms with E-state index in [1.54, 1.807) is 10.9 Å². The first kappa shape index (κ1) is 16.7. The summed E-state index contributed by atoms with van der Waals surface area (Å²) in [5.74, 6) is 1.42. The molecule has 130 valence electrons. The van der Waals surface area contributed by atoms with Gasteiger partial charge in [0, 0.05) is 37.7 Å². The lowest BCUT2D eigenvalue weighted by Gasteiger charge is -2.16. The third-order valence-electron chi connectivity index (χ3n) is 4.41. The van der Waals surface area contributed by atoms with Crippen LogP contribution in [0.5, 0.6) is 0 Å². The molecular weight excluding hydrogens is 306 g/mol. The van der Waals surface area contributed by atoms with Crippen LogP contribution >= 0.6 is 0 Å². The normalized spacial score (nSPS) is 21.2. The lowest BCUT2D eigenvalue weighted by molar-refractivity contribution is -0.125. The van der Waals surface area contributed by atoms with E-state index in [0.717, 1.165) is 17.9 Å². The maximum Gasteiger partial charge on any atom is 0.225 e. The summed E-state index contributed by atoms with van der Waals surface area (Å²) in [6.07, 6.45) is 5.54. The van der Waals surface area contributed by atoms with Gasteiger partial charge in [0.2, 0.25) is 11.8 Å². The van der Waals surface area contributed by atoms with Gasteiger partial charge in [-0.1, -0.05) is 20.8 Å². The van der Waals surface area contributed by atoms with Crippen molar-refractivity contribution in [3.05, 3.63) is 35.8 Å². The molecule has 1 aliphatic rings. The number of amides is 1. The van der Waals surface area contributed by atoms with E-state index >= 15 is 0 Å². The Hall–Kier alpha value is -2.15. The first-order valence-corrected chi connectivity index (χ1v) is 8.27. The molecular formula is C17H25N5O2. The van der Waals surface area contributed by atoms with Crippen LogP contribution in [0.15, 0.2) is 23.0 Å². The Morgan fingerprint density at radius 2 is 2.21 bits per heavy atom. The maximum absolute atomic E-state index is 12.6. The quantitative estimate of drug-likeness (QED) is 0.883. The van der Waals surface area contributed by atoms with Crippen LogP contribution < -0.4 is 10.6 Å². The maximum atomic E-state index is 12.6. The molecule has 24 heavy (non-hydrogen) atoms. The molecule has 0 bridgehead atoms. The van der Waals surface area contributed by atoms with Gasteiger partial charge in [0.1, 0.15) is 5.76 Å². The standard InChI is InChI=1S/C17H25N5O2/c1-17(2,3)14-8-19-15(24-14)9-20-16(23)13-7-18-6-12(13)11-5-21-22(4)10-11/h5,8,10,12-13,18H,6-7,9H2,1-4H3,(H,20,23)/t12-,13+/m1/s1. The zero-order valence-corrected chi connectivity index (χ0v) is 14.7. The number of nitrogens with one attached hydrogen (secondary N) is 2. The van der Waals surface area contributed by atoms with Crippen LogP contribution in [-0.2, 0) is 23.8 Å². The highest BCUT2D eigenvalue weighted by atomic mass is 16.4. The number of nitrogens with zero attached hydrogens (tertiary/aromatic N) is 3. The average Bonchev–Trinajstić information content (AvgIpc) is 3.23. The molecule has 0 saturated carbocycles. The topological polar surface area (TPSA) is 85.0 Å². The fourth-order valence-corrected chi connectivity index (χ4v) is 2.97. The smallest absolute Gasteiger partial charge is 0.225 e. The molecule has 1 saturated heterocycles. The van der Waals surface area contributed by atoms with Crippen molar-refractivity contribution in [2.75, 3.05) is 13.1 Å². The van der Waals surface area contributed by atoms with Crippen molar-refractivity contribution in [3.8, 4) is 0 Å². The van der Waals surface area contributed by atoms with E-state index in [1.807, 2.05) is 19.4 Å². The molecule has 3 rings (SSSR count). The van der Waals surface area contributed by atoms with Gasteiger partial charge in [0.25, 0.3) is 0 Å². The number of rotatable bonds is 4. The van der Waals surface area contributed by atoms with E-state index < -0.39 is 0 Å². The summed E-state index contributed by atoms with van der Waals surface area (Å²) in [5, 5.41) is 10.5. The largest absolute Gasteiger partial charge is 0.443 e. The highest BCUT2D eigenvalue weighted by Crippen LogP contribution is 2.28.